The highest BCUT2D eigenvalue weighted by Crippen LogP contribution is 2.19. The van der Waals surface area contributed by atoms with Crippen molar-refractivity contribution in [3.8, 4) is 0 Å². The number of carbonyl (C=O) groups excluding carboxylic acids is 2. The van der Waals surface area contributed by atoms with Crippen LogP contribution in [0, 0.1) is 10.5 Å². The molecule has 0 heterocycles. The van der Waals surface area contributed by atoms with Gasteiger partial charge in [0.2, 0.25) is 0 Å². The first-order valence-corrected chi connectivity index (χ1v) is 9.04. The summed E-state index contributed by atoms with van der Waals surface area (Å²) in [6, 6.07) is 12.6. The van der Waals surface area contributed by atoms with Crippen LogP contribution in [0.5, 0.6) is 0 Å². The highest BCUT2D eigenvalue weighted by molar-refractivity contribution is 14.1. The molecular weight excluding hydrogens is 431 g/mol. The second kappa shape index (κ2) is 9.53. The lowest BCUT2D eigenvalue weighted by Crippen LogP contribution is -2.26. The van der Waals surface area contributed by atoms with Gasteiger partial charge in [-0.2, -0.15) is 0 Å². The lowest BCUT2D eigenvalue weighted by atomic mass is 10.1. The second-order valence-corrected chi connectivity index (χ2v) is 6.75. The molecule has 0 aliphatic rings. The predicted octanol–water partition coefficient (Wildman–Crippen LogP) is 3.62. The summed E-state index contributed by atoms with van der Waals surface area (Å²) in [6.45, 7) is 3.09. The average Bonchev–Trinajstić information content (AvgIpc) is 2.59. The van der Waals surface area contributed by atoms with Gasteiger partial charge in [0.05, 0.1) is 16.8 Å². The van der Waals surface area contributed by atoms with Gasteiger partial charge in [-0.3, -0.25) is 9.59 Å². The van der Waals surface area contributed by atoms with Gasteiger partial charge in [-0.05, 0) is 60.2 Å². The molecule has 2 N–H and O–H groups in total. The van der Waals surface area contributed by atoms with E-state index in [0.29, 0.717) is 30.0 Å². The normalized spacial score (nSPS) is 10.4. The smallest absolute Gasteiger partial charge is 0.256 e. The molecule has 0 bridgehead atoms. The van der Waals surface area contributed by atoms with Gasteiger partial charge in [0.25, 0.3) is 11.8 Å². The zero-order chi connectivity index (χ0) is 18.2. The first kappa shape index (κ1) is 19.4. The lowest BCUT2D eigenvalue weighted by Gasteiger charge is -2.12. The molecule has 25 heavy (non-hydrogen) atoms. The number of hydrogen-bond donors (Lipinski definition) is 2. The van der Waals surface area contributed by atoms with Crippen molar-refractivity contribution in [2.75, 3.05) is 25.6 Å². The van der Waals surface area contributed by atoms with Gasteiger partial charge in [-0.25, -0.2) is 0 Å². The number of anilines is 1. The van der Waals surface area contributed by atoms with E-state index in [1.165, 1.54) is 0 Å². The van der Waals surface area contributed by atoms with Crippen LogP contribution in [0.25, 0.3) is 0 Å². The van der Waals surface area contributed by atoms with E-state index in [0.717, 1.165) is 15.6 Å². The number of rotatable bonds is 7. The molecule has 132 valence electrons. The zero-order valence-corrected chi connectivity index (χ0v) is 16.4. The molecule has 0 radical (unpaired) electrons. The molecule has 0 fully saturated rings. The summed E-state index contributed by atoms with van der Waals surface area (Å²) >= 11 is 2.14. The molecule has 0 saturated heterocycles. The molecule has 0 spiro atoms. The number of carbonyl (C=O) groups is 2. The topological polar surface area (TPSA) is 67.4 Å². The van der Waals surface area contributed by atoms with E-state index >= 15 is 0 Å². The van der Waals surface area contributed by atoms with E-state index in [4.69, 9.17) is 4.74 Å². The van der Waals surface area contributed by atoms with Crippen LogP contribution in [0.1, 0.15) is 32.7 Å². The third-order valence-electron chi connectivity index (χ3n) is 3.60. The van der Waals surface area contributed by atoms with E-state index in [1.807, 2.05) is 19.1 Å². The maximum Gasteiger partial charge on any atom is 0.256 e. The van der Waals surface area contributed by atoms with Crippen LogP contribution in [-0.2, 0) is 4.74 Å². The number of aryl methyl sites for hydroxylation is 1. The number of para-hydroxylation sites is 1. The van der Waals surface area contributed by atoms with Gasteiger partial charge in [0, 0.05) is 23.8 Å². The molecule has 5 nitrogen and oxygen atoms in total. The average molecular weight is 452 g/mol. The van der Waals surface area contributed by atoms with Crippen LogP contribution >= 0.6 is 22.6 Å². The summed E-state index contributed by atoms with van der Waals surface area (Å²) in [5.74, 6) is -0.449. The Morgan fingerprint density at radius 2 is 1.84 bits per heavy atom. The van der Waals surface area contributed by atoms with E-state index in [9.17, 15) is 9.59 Å². The maximum absolute atomic E-state index is 12.6. The molecule has 0 saturated carbocycles. The first-order valence-electron chi connectivity index (χ1n) is 7.96. The van der Waals surface area contributed by atoms with Gasteiger partial charge in [0.1, 0.15) is 0 Å². The number of hydrogen-bond acceptors (Lipinski definition) is 3. The lowest BCUT2D eigenvalue weighted by molar-refractivity contribution is 0.0949. The fourth-order valence-corrected chi connectivity index (χ4v) is 3.21. The molecule has 0 aliphatic heterocycles. The Labute approximate surface area is 161 Å². The Kier molecular flexibility index (Phi) is 7.39. The molecule has 0 aromatic heterocycles. The highest BCUT2D eigenvalue weighted by Gasteiger charge is 2.15. The van der Waals surface area contributed by atoms with E-state index in [-0.39, 0.29) is 11.8 Å². The summed E-state index contributed by atoms with van der Waals surface area (Å²) in [5.41, 5.74) is 2.61. The standard InChI is InChI=1S/C19H21IN2O3/c1-13-8-9-14(16(20)12-13)19(24)22-17-7-4-3-6-15(17)18(23)21-10-5-11-25-2/h3-4,6-9,12H,5,10-11H2,1-2H3,(H,21,23)(H,22,24). The minimum atomic E-state index is -0.232. The van der Waals surface area contributed by atoms with E-state index < -0.39 is 0 Å². The number of nitrogens with one attached hydrogen (secondary N) is 2. The Morgan fingerprint density at radius 3 is 2.56 bits per heavy atom. The fraction of sp³-hybridized carbons (Fsp3) is 0.263. The summed E-state index contributed by atoms with van der Waals surface area (Å²) in [4.78, 5) is 24.9. The Bertz CT molecular complexity index is 762. The third-order valence-corrected chi connectivity index (χ3v) is 4.49. The first-order chi connectivity index (χ1) is 12.0. The maximum atomic E-state index is 12.6. The van der Waals surface area contributed by atoms with E-state index in [1.54, 1.807) is 37.4 Å². The van der Waals surface area contributed by atoms with Crippen molar-refractivity contribution in [3.63, 3.8) is 0 Å². The predicted molar refractivity (Wildman–Crippen MR) is 107 cm³/mol. The third kappa shape index (κ3) is 5.54. The van der Waals surface area contributed by atoms with Crippen LogP contribution < -0.4 is 10.6 Å². The number of amides is 2. The minimum Gasteiger partial charge on any atom is -0.385 e. The molecule has 2 rings (SSSR count). The zero-order valence-electron chi connectivity index (χ0n) is 14.3. The molecular formula is C19H21IN2O3. The monoisotopic (exact) mass is 452 g/mol. The van der Waals surface area contributed by atoms with Crippen molar-refractivity contribution >= 4 is 40.1 Å². The molecule has 2 aromatic rings. The largest absolute Gasteiger partial charge is 0.385 e. The van der Waals surface area contributed by atoms with Crippen LogP contribution in [0.2, 0.25) is 0 Å². The minimum absolute atomic E-state index is 0.217. The quantitative estimate of drug-likeness (QED) is 0.498. The van der Waals surface area contributed by atoms with Gasteiger partial charge >= 0.3 is 0 Å². The van der Waals surface area contributed by atoms with Crippen LogP contribution in [-0.4, -0.2) is 32.1 Å². The summed E-state index contributed by atoms with van der Waals surface area (Å²) in [7, 11) is 1.62. The second-order valence-electron chi connectivity index (χ2n) is 5.59. The molecule has 0 atom stereocenters. The van der Waals surface area contributed by atoms with Crippen LogP contribution in [0.3, 0.4) is 0 Å². The molecule has 0 aliphatic carbocycles. The summed E-state index contributed by atoms with van der Waals surface area (Å²) in [5, 5.41) is 5.67. The van der Waals surface area contributed by atoms with Crippen molar-refractivity contribution in [2.45, 2.75) is 13.3 Å². The SMILES string of the molecule is COCCCNC(=O)c1ccccc1NC(=O)c1ccc(C)cc1I. The Balaban J connectivity index is 2.12. The van der Waals surface area contributed by atoms with Gasteiger partial charge < -0.3 is 15.4 Å². The molecule has 2 aromatic carbocycles. The van der Waals surface area contributed by atoms with E-state index in [2.05, 4.69) is 33.2 Å². The Hall–Kier alpha value is -1.93. The van der Waals surface area contributed by atoms with Crippen molar-refractivity contribution in [1.29, 1.82) is 0 Å². The summed E-state index contributed by atoms with van der Waals surface area (Å²) in [6.07, 6.45) is 0.734. The van der Waals surface area contributed by atoms with Crippen molar-refractivity contribution in [1.82, 2.24) is 5.32 Å². The Morgan fingerprint density at radius 1 is 1.08 bits per heavy atom. The van der Waals surface area contributed by atoms with Crippen molar-refractivity contribution in [3.05, 3.63) is 62.7 Å². The van der Waals surface area contributed by atoms with Gasteiger partial charge in [-0.15, -0.1) is 0 Å². The van der Waals surface area contributed by atoms with Crippen molar-refractivity contribution < 1.29 is 14.3 Å². The fourth-order valence-electron chi connectivity index (χ4n) is 2.30. The molecule has 2 amide bonds. The van der Waals surface area contributed by atoms with Gasteiger partial charge in [0.15, 0.2) is 0 Å². The highest BCUT2D eigenvalue weighted by atomic mass is 127. The summed E-state index contributed by atoms with van der Waals surface area (Å²) < 4.78 is 5.84. The number of ether oxygens (including phenoxy) is 1. The van der Waals surface area contributed by atoms with Crippen LogP contribution in [0.15, 0.2) is 42.5 Å². The van der Waals surface area contributed by atoms with Gasteiger partial charge in [-0.1, -0.05) is 23.8 Å². The van der Waals surface area contributed by atoms with Crippen molar-refractivity contribution in [2.24, 2.45) is 0 Å². The number of halogens is 1. The molecule has 6 heteroatoms. The van der Waals surface area contributed by atoms with Crippen LogP contribution in [0.4, 0.5) is 5.69 Å². The number of methoxy groups -OCH3 is 1. The number of benzene rings is 2. The molecule has 0 unspecified atom stereocenters.